The van der Waals surface area contributed by atoms with Gasteiger partial charge in [0.05, 0.1) is 13.0 Å². The molecule has 0 spiro atoms. The quantitative estimate of drug-likeness (QED) is 0.815. The summed E-state index contributed by atoms with van der Waals surface area (Å²) >= 11 is 0. The number of para-hydroxylation sites is 1. The van der Waals surface area contributed by atoms with Crippen LogP contribution in [0.4, 0.5) is 5.69 Å². The monoisotopic (exact) mass is 395 g/mol. The number of hydrogen-bond acceptors (Lipinski definition) is 4. The van der Waals surface area contributed by atoms with Crippen molar-refractivity contribution in [2.45, 2.75) is 13.3 Å². The molecule has 0 aliphatic carbocycles. The Bertz CT molecular complexity index is 861. The molecule has 2 aromatic carbocycles. The summed E-state index contributed by atoms with van der Waals surface area (Å²) in [5.41, 5.74) is 1.11. The molecular formula is C22H25N3O4. The highest BCUT2D eigenvalue weighted by Gasteiger charge is 2.24. The third kappa shape index (κ3) is 5.81. The topological polar surface area (TPSA) is 79.0 Å². The highest BCUT2D eigenvalue weighted by Crippen LogP contribution is 2.15. The second kappa shape index (κ2) is 9.73. The molecule has 152 valence electrons. The predicted octanol–water partition coefficient (Wildman–Crippen LogP) is 2.40. The van der Waals surface area contributed by atoms with Crippen molar-refractivity contribution in [1.82, 2.24) is 9.80 Å². The van der Waals surface area contributed by atoms with Gasteiger partial charge in [0.2, 0.25) is 11.8 Å². The molecule has 0 unspecified atom stereocenters. The molecule has 7 nitrogen and oxygen atoms in total. The number of carbonyl (C=O) groups excluding carboxylic acids is 3. The van der Waals surface area contributed by atoms with Gasteiger partial charge in [-0.3, -0.25) is 14.4 Å². The fourth-order valence-electron chi connectivity index (χ4n) is 3.21. The van der Waals surface area contributed by atoms with E-state index in [2.05, 4.69) is 5.32 Å². The first-order valence-electron chi connectivity index (χ1n) is 9.65. The molecule has 0 radical (unpaired) electrons. The summed E-state index contributed by atoms with van der Waals surface area (Å²) in [4.78, 5) is 39.8. The van der Waals surface area contributed by atoms with Gasteiger partial charge in [-0.1, -0.05) is 24.3 Å². The summed E-state index contributed by atoms with van der Waals surface area (Å²) in [7, 11) is 0. The largest absolute Gasteiger partial charge is 0.493 e. The van der Waals surface area contributed by atoms with Gasteiger partial charge in [0, 0.05) is 44.4 Å². The van der Waals surface area contributed by atoms with Crippen LogP contribution in [0.25, 0.3) is 0 Å². The maximum Gasteiger partial charge on any atom is 0.254 e. The summed E-state index contributed by atoms with van der Waals surface area (Å²) in [5.74, 6) is 0.493. The minimum absolute atomic E-state index is 0.0284. The molecule has 1 saturated heterocycles. The molecular weight excluding hydrogens is 370 g/mol. The van der Waals surface area contributed by atoms with Gasteiger partial charge in [0.25, 0.3) is 5.91 Å². The number of carbonyl (C=O) groups is 3. The van der Waals surface area contributed by atoms with Crippen LogP contribution in [0.2, 0.25) is 0 Å². The zero-order chi connectivity index (χ0) is 20.6. The lowest BCUT2D eigenvalue weighted by Gasteiger charge is -2.35. The van der Waals surface area contributed by atoms with Crippen molar-refractivity contribution in [2.75, 3.05) is 38.1 Å². The Kier molecular flexibility index (Phi) is 6.84. The average molecular weight is 395 g/mol. The third-order valence-corrected chi connectivity index (χ3v) is 4.68. The smallest absolute Gasteiger partial charge is 0.254 e. The Hall–Kier alpha value is -3.35. The highest BCUT2D eigenvalue weighted by molar-refractivity contribution is 5.97. The first-order chi connectivity index (χ1) is 14.0. The van der Waals surface area contributed by atoms with Crippen LogP contribution in [-0.2, 0) is 9.59 Å². The Morgan fingerprint density at radius 3 is 2.31 bits per heavy atom. The van der Waals surface area contributed by atoms with E-state index in [4.69, 9.17) is 4.74 Å². The summed E-state index contributed by atoms with van der Waals surface area (Å²) in [6.45, 7) is 3.72. The van der Waals surface area contributed by atoms with E-state index in [9.17, 15) is 14.4 Å². The summed E-state index contributed by atoms with van der Waals surface area (Å²) in [6.07, 6.45) is 0.307. The molecule has 0 atom stereocenters. The first kappa shape index (κ1) is 20.4. The molecule has 29 heavy (non-hydrogen) atoms. The van der Waals surface area contributed by atoms with Crippen molar-refractivity contribution >= 4 is 23.4 Å². The highest BCUT2D eigenvalue weighted by atomic mass is 16.5. The standard InChI is InChI=1S/C22H25N3O4/c1-17(26)23-19-7-5-6-18(16-19)22(28)25-13-11-24(12-14-25)21(27)10-15-29-20-8-3-2-4-9-20/h2-9,16H,10-15H2,1H3,(H,23,26). The van der Waals surface area contributed by atoms with Gasteiger partial charge in [-0.25, -0.2) is 0 Å². The van der Waals surface area contributed by atoms with Crippen molar-refractivity contribution in [3.63, 3.8) is 0 Å². The maximum atomic E-state index is 12.7. The molecule has 3 amide bonds. The summed E-state index contributed by atoms with van der Waals surface area (Å²) in [6, 6.07) is 16.3. The lowest BCUT2D eigenvalue weighted by molar-refractivity contribution is -0.133. The van der Waals surface area contributed by atoms with Crippen LogP contribution in [0.5, 0.6) is 5.75 Å². The van der Waals surface area contributed by atoms with Crippen molar-refractivity contribution < 1.29 is 19.1 Å². The van der Waals surface area contributed by atoms with E-state index in [1.54, 1.807) is 34.1 Å². The van der Waals surface area contributed by atoms with Gasteiger partial charge < -0.3 is 19.9 Å². The molecule has 0 bridgehead atoms. The SMILES string of the molecule is CC(=O)Nc1cccc(C(=O)N2CCN(C(=O)CCOc3ccccc3)CC2)c1. The minimum Gasteiger partial charge on any atom is -0.493 e. The molecule has 0 saturated carbocycles. The van der Waals surface area contributed by atoms with Crippen LogP contribution >= 0.6 is 0 Å². The number of rotatable bonds is 6. The number of benzene rings is 2. The summed E-state index contributed by atoms with van der Waals surface area (Å²) in [5, 5.41) is 2.68. The number of nitrogens with one attached hydrogen (secondary N) is 1. The van der Waals surface area contributed by atoms with Crippen LogP contribution in [0.3, 0.4) is 0 Å². The molecule has 0 aromatic heterocycles. The number of amides is 3. The second-order valence-electron chi connectivity index (χ2n) is 6.85. The van der Waals surface area contributed by atoms with E-state index in [1.807, 2.05) is 30.3 Å². The van der Waals surface area contributed by atoms with Crippen LogP contribution in [-0.4, -0.2) is 60.3 Å². The maximum absolute atomic E-state index is 12.7. The normalized spacial score (nSPS) is 13.7. The second-order valence-corrected chi connectivity index (χ2v) is 6.85. The van der Waals surface area contributed by atoms with Gasteiger partial charge in [0.1, 0.15) is 5.75 Å². The van der Waals surface area contributed by atoms with Crippen LogP contribution in [0.15, 0.2) is 54.6 Å². The summed E-state index contributed by atoms with van der Waals surface area (Å²) < 4.78 is 5.58. The number of hydrogen-bond donors (Lipinski definition) is 1. The van der Waals surface area contributed by atoms with Crippen molar-refractivity contribution in [2.24, 2.45) is 0 Å². The lowest BCUT2D eigenvalue weighted by Crippen LogP contribution is -2.50. The van der Waals surface area contributed by atoms with Crippen molar-refractivity contribution in [1.29, 1.82) is 0 Å². The molecule has 1 N–H and O–H groups in total. The molecule has 1 aliphatic rings. The number of anilines is 1. The zero-order valence-electron chi connectivity index (χ0n) is 16.5. The molecule has 1 heterocycles. The Labute approximate surface area is 170 Å². The van der Waals surface area contributed by atoms with E-state index >= 15 is 0 Å². The van der Waals surface area contributed by atoms with Gasteiger partial charge in [-0.15, -0.1) is 0 Å². The number of nitrogens with zero attached hydrogens (tertiary/aromatic N) is 2. The molecule has 7 heteroatoms. The Morgan fingerprint density at radius 2 is 1.62 bits per heavy atom. The van der Waals surface area contributed by atoms with Crippen LogP contribution in [0, 0.1) is 0 Å². The predicted molar refractivity (Wildman–Crippen MR) is 110 cm³/mol. The molecule has 1 fully saturated rings. The lowest BCUT2D eigenvalue weighted by atomic mass is 10.1. The first-order valence-corrected chi connectivity index (χ1v) is 9.65. The van der Waals surface area contributed by atoms with Crippen LogP contribution < -0.4 is 10.1 Å². The molecule has 1 aliphatic heterocycles. The molecule has 3 rings (SSSR count). The van der Waals surface area contributed by atoms with E-state index in [0.29, 0.717) is 50.5 Å². The fourth-order valence-corrected chi connectivity index (χ4v) is 3.21. The van der Waals surface area contributed by atoms with Crippen LogP contribution in [0.1, 0.15) is 23.7 Å². The fraction of sp³-hybridized carbons (Fsp3) is 0.318. The van der Waals surface area contributed by atoms with E-state index in [0.717, 1.165) is 5.75 Å². The van der Waals surface area contributed by atoms with Gasteiger partial charge in [0.15, 0.2) is 0 Å². The van der Waals surface area contributed by atoms with Gasteiger partial charge in [-0.2, -0.15) is 0 Å². The zero-order valence-corrected chi connectivity index (χ0v) is 16.5. The number of piperazine rings is 1. The van der Waals surface area contributed by atoms with E-state index < -0.39 is 0 Å². The van der Waals surface area contributed by atoms with E-state index in [-0.39, 0.29) is 17.7 Å². The average Bonchev–Trinajstić information content (AvgIpc) is 2.74. The third-order valence-electron chi connectivity index (χ3n) is 4.68. The van der Waals surface area contributed by atoms with Crippen molar-refractivity contribution in [3.8, 4) is 5.75 Å². The molecule has 2 aromatic rings. The van der Waals surface area contributed by atoms with Gasteiger partial charge >= 0.3 is 0 Å². The number of ether oxygens (including phenoxy) is 1. The Morgan fingerprint density at radius 1 is 0.931 bits per heavy atom. The van der Waals surface area contributed by atoms with Gasteiger partial charge in [-0.05, 0) is 30.3 Å². The van der Waals surface area contributed by atoms with Crippen molar-refractivity contribution in [3.05, 3.63) is 60.2 Å². The van der Waals surface area contributed by atoms with E-state index in [1.165, 1.54) is 6.92 Å². The minimum atomic E-state index is -0.182. The Balaban J connectivity index is 1.46.